The van der Waals surface area contributed by atoms with Crippen molar-refractivity contribution in [2.75, 3.05) is 13.6 Å². The molecule has 14 heteroatoms. The molecule has 0 spiro atoms. The summed E-state index contributed by atoms with van der Waals surface area (Å²) in [5.41, 5.74) is 0. The van der Waals surface area contributed by atoms with Crippen LogP contribution in [-0.4, -0.2) is 56.7 Å². The van der Waals surface area contributed by atoms with E-state index in [0.717, 1.165) is 13.8 Å². The van der Waals surface area contributed by atoms with Crippen molar-refractivity contribution in [1.82, 2.24) is 0 Å². The van der Waals surface area contributed by atoms with Gasteiger partial charge in [0.2, 0.25) is 25.2 Å². The summed E-state index contributed by atoms with van der Waals surface area (Å²) in [7, 11) is 0. The Morgan fingerprint density at radius 1 is 0.708 bits per heavy atom. The summed E-state index contributed by atoms with van der Waals surface area (Å²) < 4.78 is 54.9. The Bertz CT molecular complexity index is 400. The van der Waals surface area contributed by atoms with E-state index in [1.165, 1.54) is 0 Å². The van der Waals surface area contributed by atoms with Gasteiger partial charge in [-0.05, 0) is 13.7 Å². The Balaban J connectivity index is -0.000000404. The van der Waals surface area contributed by atoms with Gasteiger partial charge < -0.3 is 0 Å². The van der Waals surface area contributed by atoms with Crippen molar-refractivity contribution in [3.63, 3.8) is 0 Å². The molecule has 2 atom stereocenters. The van der Waals surface area contributed by atoms with Crippen LogP contribution < -0.4 is 0 Å². The quantitative estimate of drug-likeness (QED) is 0.130. The van der Waals surface area contributed by atoms with Crippen molar-refractivity contribution in [3.05, 3.63) is 0 Å². The van der Waals surface area contributed by atoms with E-state index in [0.29, 0.717) is 0 Å². The Kier molecular flexibility index (Phi) is 11.4. The van der Waals surface area contributed by atoms with Crippen molar-refractivity contribution >= 4 is 0 Å². The Labute approximate surface area is 148 Å². The zero-order chi connectivity index (χ0) is 26.2. The zero-order valence-corrected chi connectivity index (χ0v) is 12.5. The minimum atomic E-state index is -2.95. The first-order valence-electron chi connectivity index (χ1n) is 9.62. The molecular formula is C10H26O14. The molecule has 24 heavy (non-hydrogen) atoms. The van der Waals surface area contributed by atoms with Gasteiger partial charge in [0.25, 0.3) is 0 Å². The average Bonchev–Trinajstić information content (AvgIpc) is 2.66. The molecule has 0 aliphatic heterocycles. The third-order valence-corrected chi connectivity index (χ3v) is 1.59. The molecule has 2 unspecified atom stereocenters. The second-order valence-corrected chi connectivity index (χ2v) is 3.01. The van der Waals surface area contributed by atoms with Gasteiger partial charge in [0.05, 0.1) is 0 Å². The summed E-state index contributed by atoms with van der Waals surface area (Å²) in [6.07, 6.45) is -2.94. The van der Waals surface area contributed by atoms with Crippen molar-refractivity contribution in [2.24, 2.45) is 0 Å². The molecule has 0 aromatic heterocycles. The van der Waals surface area contributed by atoms with Crippen LogP contribution in [0.5, 0.6) is 0 Å². The van der Waals surface area contributed by atoms with E-state index in [2.05, 4.69) is 39.1 Å². The first-order chi connectivity index (χ1) is 14.5. The van der Waals surface area contributed by atoms with Gasteiger partial charge in [0.1, 0.15) is 0 Å². The smallest absolute Gasteiger partial charge is 0.230 e. The van der Waals surface area contributed by atoms with E-state index < -0.39 is 51.7 Å². The molecule has 0 aliphatic carbocycles. The molecule has 0 amide bonds. The van der Waals surface area contributed by atoms with Crippen LogP contribution in [0.1, 0.15) is 51.3 Å². The SMILES string of the molecule is OOCOOCOO.[3H]C(C)C(OO)(OO)C([3H])([3H])[3H].[3H]C(C)C(OO)(OO)C([3H])([3H])[3H]. The van der Waals surface area contributed by atoms with Gasteiger partial charge in [-0.2, -0.15) is 0 Å². The van der Waals surface area contributed by atoms with Crippen LogP contribution in [0.25, 0.3) is 0 Å². The molecule has 0 saturated heterocycles. The van der Waals surface area contributed by atoms with Crippen molar-refractivity contribution in [3.8, 4) is 0 Å². The highest BCUT2D eigenvalue weighted by Gasteiger charge is 2.24. The van der Waals surface area contributed by atoms with Crippen LogP contribution in [0.3, 0.4) is 0 Å². The third-order valence-electron chi connectivity index (χ3n) is 1.59. The Hall–Kier alpha value is -0.560. The van der Waals surface area contributed by atoms with Gasteiger partial charge in [0.15, 0.2) is 0 Å². The van der Waals surface area contributed by atoms with Gasteiger partial charge >= 0.3 is 0 Å². The lowest BCUT2D eigenvalue weighted by Gasteiger charge is -2.18. The van der Waals surface area contributed by atoms with Crippen molar-refractivity contribution in [2.45, 2.75) is 51.9 Å². The predicted octanol–water partition coefficient (Wildman–Crippen LogP) is 2.01. The first-order valence-corrected chi connectivity index (χ1v) is 5.47. The molecule has 14 nitrogen and oxygen atoms in total. The Morgan fingerprint density at radius 2 is 1.00 bits per heavy atom. The number of rotatable bonds is 11. The molecule has 0 fully saturated rings. The molecule has 0 bridgehead atoms. The highest BCUT2D eigenvalue weighted by molar-refractivity contribution is 4.53. The fourth-order valence-electron chi connectivity index (χ4n) is 0.355. The lowest BCUT2D eigenvalue weighted by Crippen LogP contribution is -2.28. The lowest BCUT2D eigenvalue weighted by molar-refractivity contribution is -0.480. The van der Waals surface area contributed by atoms with E-state index >= 15 is 0 Å². The molecule has 0 aromatic carbocycles. The molecule has 0 saturated carbocycles. The first kappa shape index (κ1) is 14.6. The minimum Gasteiger partial charge on any atom is -0.249 e. The number of hydrogen-bond donors (Lipinski definition) is 6. The van der Waals surface area contributed by atoms with E-state index in [1.54, 1.807) is 0 Å². The van der Waals surface area contributed by atoms with Crippen molar-refractivity contribution < 1.29 is 81.6 Å². The van der Waals surface area contributed by atoms with Gasteiger partial charge in [-0.1, -0.05) is 13.8 Å². The normalized spacial score (nSPS) is 19.8. The third kappa shape index (κ3) is 17.8. The van der Waals surface area contributed by atoms with Crippen LogP contribution in [0.15, 0.2) is 0 Å². The highest BCUT2D eigenvalue weighted by Crippen LogP contribution is 2.13. The zero-order valence-electron chi connectivity index (χ0n) is 20.5. The van der Waals surface area contributed by atoms with Crippen LogP contribution in [0, 0.1) is 0 Å². The molecule has 6 N–H and O–H groups in total. The molecule has 0 aliphatic rings. The number of hydrogen-bond acceptors (Lipinski definition) is 14. The standard InChI is InChI=1S/2C4H10O4.C2H6O6/c2*1-3-4(2,7-5)8-6;3-5-1-7-8-2-6-4/h2*5-6H,3H2,1-2H3;3-4H,1-2H2/i2*2T3,3T;. The van der Waals surface area contributed by atoms with E-state index in [9.17, 15) is 0 Å². The lowest BCUT2D eigenvalue weighted by atomic mass is 10.2. The molecule has 0 heterocycles. The van der Waals surface area contributed by atoms with Crippen LogP contribution in [0.4, 0.5) is 0 Å². The second kappa shape index (κ2) is 18.8. The fraction of sp³-hybridized carbons (Fsp3) is 1.00. The molecule has 0 rings (SSSR count). The largest absolute Gasteiger partial charge is 0.249 e. The Morgan fingerprint density at radius 3 is 1.08 bits per heavy atom. The summed E-state index contributed by atoms with van der Waals surface area (Å²) in [4.78, 5) is 28.7. The van der Waals surface area contributed by atoms with Gasteiger partial charge in [-0.15, -0.1) is 0 Å². The van der Waals surface area contributed by atoms with Crippen molar-refractivity contribution in [1.29, 1.82) is 0 Å². The van der Waals surface area contributed by atoms with Crippen LogP contribution in [0.2, 0.25) is 0 Å². The van der Waals surface area contributed by atoms with E-state index in [4.69, 9.17) is 42.5 Å². The summed E-state index contributed by atoms with van der Waals surface area (Å²) in [6.45, 7) is -4.56. The van der Waals surface area contributed by atoms with E-state index in [1.807, 2.05) is 0 Å². The summed E-state index contributed by atoms with van der Waals surface area (Å²) in [6, 6.07) is 0. The monoisotopic (exact) mass is 386 g/mol. The maximum absolute atomic E-state index is 8.22. The topological polar surface area (TPSA) is 195 Å². The van der Waals surface area contributed by atoms with E-state index in [-0.39, 0.29) is 0 Å². The maximum Gasteiger partial charge on any atom is 0.230 e. The molecule has 0 aromatic rings. The molecular weight excluding hydrogens is 344 g/mol. The van der Waals surface area contributed by atoms with Gasteiger partial charge in [-0.3, -0.25) is 0 Å². The molecule has 0 radical (unpaired) electrons. The maximum atomic E-state index is 8.22. The second-order valence-electron chi connectivity index (χ2n) is 3.01. The summed E-state index contributed by atoms with van der Waals surface area (Å²) in [5, 5.41) is 48.0. The predicted molar refractivity (Wildman–Crippen MR) is 71.6 cm³/mol. The summed E-state index contributed by atoms with van der Waals surface area (Å²) in [5.74, 6) is -5.40. The molecule has 150 valence electrons. The van der Waals surface area contributed by atoms with Crippen LogP contribution >= 0.6 is 0 Å². The summed E-state index contributed by atoms with van der Waals surface area (Å²) >= 11 is 0. The highest BCUT2D eigenvalue weighted by atomic mass is 17.3. The van der Waals surface area contributed by atoms with Gasteiger partial charge in [-0.25, -0.2) is 70.6 Å². The van der Waals surface area contributed by atoms with Crippen LogP contribution in [-0.2, 0) is 39.1 Å². The average molecular weight is 386 g/mol. The fourth-order valence-corrected chi connectivity index (χ4v) is 0.355. The van der Waals surface area contributed by atoms with Gasteiger partial charge in [0, 0.05) is 23.8 Å². The minimum absolute atomic E-state index is 0.427.